The topological polar surface area (TPSA) is 41.5 Å². The van der Waals surface area contributed by atoms with Crippen LogP contribution in [0.1, 0.15) is 41.3 Å². The molecule has 0 aromatic heterocycles. The smallest absolute Gasteiger partial charge is 0.118 e. The van der Waals surface area contributed by atoms with Crippen molar-refractivity contribution in [3.8, 4) is 5.75 Å². The predicted molar refractivity (Wildman–Crippen MR) is 105 cm³/mol. The summed E-state index contributed by atoms with van der Waals surface area (Å²) < 4.78 is 5.29. The fraction of sp³-hybridized carbons (Fsp3) is 0.217. The predicted octanol–water partition coefficient (Wildman–Crippen LogP) is 4.63. The number of methoxy groups -OCH3 is 1. The van der Waals surface area contributed by atoms with Gasteiger partial charge in [-0.2, -0.15) is 0 Å². The first kappa shape index (κ1) is 18.2. The average molecular weight is 347 g/mol. The van der Waals surface area contributed by atoms with Crippen LogP contribution in [0.5, 0.6) is 5.75 Å². The third kappa shape index (κ3) is 4.31. The highest BCUT2D eigenvalue weighted by Gasteiger charge is 2.18. The highest BCUT2D eigenvalue weighted by Crippen LogP contribution is 2.28. The molecule has 1 unspecified atom stereocenters. The molecule has 26 heavy (non-hydrogen) atoms. The number of benzene rings is 3. The number of ether oxygens (including phenoxy) is 1. The molecule has 2 atom stereocenters. The van der Waals surface area contributed by atoms with E-state index in [4.69, 9.17) is 4.74 Å². The number of nitrogens with one attached hydrogen (secondary N) is 1. The Hall–Kier alpha value is -2.62. The van der Waals surface area contributed by atoms with E-state index in [1.807, 2.05) is 30.3 Å². The van der Waals surface area contributed by atoms with Gasteiger partial charge < -0.3 is 9.84 Å². The van der Waals surface area contributed by atoms with Crippen molar-refractivity contribution in [2.24, 2.45) is 0 Å². The first-order valence-electron chi connectivity index (χ1n) is 8.86. The molecule has 0 saturated heterocycles. The Kier molecular flexibility index (Phi) is 6.05. The summed E-state index contributed by atoms with van der Waals surface area (Å²) in [6, 6.07) is 26.8. The van der Waals surface area contributed by atoms with Gasteiger partial charge in [-0.25, -0.2) is 0 Å². The van der Waals surface area contributed by atoms with Gasteiger partial charge in [0.2, 0.25) is 0 Å². The van der Waals surface area contributed by atoms with Gasteiger partial charge in [-0.15, -0.1) is 0 Å². The standard InChI is InChI=1S/C23H25NO2/c1-17(19-8-4-3-5-9-19)24-23(20-11-13-22(26-2)14-12-20)21-10-6-7-18(15-21)16-25/h3-15,17,23-25H,16H2,1-2H3/t17-,23?/m1/s1. The number of hydrogen-bond acceptors (Lipinski definition) is 3. The van der Waals surface area contributed by atoms with Crippen LogP contribution in [0.4, 0.5) is 0 Å². The molecule has 0 spiro atoms. The van der Waals surface area contributed by atoms with E-state index >= 15 is 0 Å². The van der Waals surface area contributed by atoms with E-state index in [-0.39, 0.29) is 18.7 Å². The van der Waals surface area contributed by atoms with E-state index in [0.717, 1.165) is 22.4 Å². The molecule has 0 radical (unpaired) electrons. The lowest BCUT2D eigenvalue weighted by molar-refractivity contribution is 0.281. The van der Waals surface area contributed by atoms with Crippen molar-refractivity contribution < 1.29 is 9.84 Å². The SMILES string of the molecule is COc1ccc(C(N[C@H](C)c2ccccc2)c2cccc(CO)c2)cc1. The van der Waals surface area contributed by atoms with Crippen LogP contribution < -0.4 is 10.1 Å². The lowest BCUT2D eigenvalue weighted by Crippen LogP contribution is -2.25. The summed E-state index contributed by atoms with van der Waals surface area (Å²) in [4.78, 5) is 0. The molecule has 3 aromatic rings. The highest BCUT2D eigenvalue weighted by atomic mass is 16.5. The van der Waals surface area contributed by atoms with Gasteiger partial charge in [-0.3, -0.25) is 5.32 Å². The second-order valence-corrected chi connectivity index (χ2v) is 6.41. The summed E-state index contributed by atoms with van der Waals surface area (Å²) in [6.45, 7) is 2.21. The fourth-order valence-electron chi connectivity index (χ4n) is 3.14. The van der Waals surface area contributed by atoms with Crippen LogP contribution >= 0.6 is 0 Å². The van der Waals surface area contributed by atoms with Crippen LogP contribution in [-0.2, 0) is 6.61 Å². The summed E-state index contributed by atoms with van der Waals surface area (Å²) in [7, 11) is 1.67. The Bertz CT molecular complexity index is 815. The number of aliphatic hydroxyl groups excluding tert-OH is 1. The van der Waals surface area contributed by atoms with Crippen molar-refractivity contribution >= 4 is 0 Å². The van der Waals surface area contributed by atoms with Gasteiger partial charge in [-0.05, 0) is 41.3 Å². The van der Waals surface area contributed by atoms with Crippen molar-refractivity contribution in [1.82, 2.24) is 5.32 Å². The Labute approximate surface area is 155 Å². The Morgan fingerprint density at radius 1 is 0.846 bits per heavy atom. The molecule has 0 aliphatic rings. The molecule has 0 amide bonds. The molecule has 0 saturated carbocycles. The van der Waals surface area contributed by atoms with E-state index in [9.17, 15) is 5.11 Å². The molecule has 0 fully saturated rings. The second kappa shape index (κ2) is 8.65. The minimum absolute atomic E-state index is 0.0163. The van der Waals surface area contributed by atoms with Crippen LogP contribution in [-0.4, -0.2) is 12.2 Å². The largest absolute Gasteiger partial charge is 0.497 e. The maximum Gasteiger partial charge on any atom is 0.118 e. The Morgan fingerprint density at radius 2 is 1.54 bits per heavy atom. The van der Waals surface area contributed by atoms with Crippen molar-refractivity contribution in [3.63, 3.8) is 0 Å². The van der Waals surface area contributed by atoms with Gasteiger partial charge in [-0.1, -0.05) is 66.7 Å². The van der Waals surface area contributed by atoms with Crippen LogP contribution in [0.15, 0.2) is 78.9 Å². The first-order valence-corrected chi connectivity index (χ1v) is 8.86. The van der Waals surface area contributed by atoms with Crippen molar-refractivity contribution in [3.05, 3.63) is 101 Å². The van der Waals surface area contributed by atoms with Gasteiger partial charge >= 0.3 is 0 Å². The highest BCUT2D eigenvalue weighted by molar-refractivity contribution is 5.37. The summed E-state index contributed by atoms with van der Waals surface area (Å²) in [5, 5.41) is 13.2. The summed E-state index contributed by atoms with van der Waals surface area (Å²) in [5.74, 6) is 0.840. The van der Waals surface area contributed by atoms with Crippen molar-refractivity contribution in [2.75, 3.05) is 7.11 Å². The lowest BCUT2D eigenvalue weighted by atomic mass is 9.95. The van der Waals surface area contributed by atoms with Gasteiger partial charge in [0.15, 0.2) is 0 Å². The van der Waals surface area contributed by atoms with E-state index in [1.165, 1.54) is 5.56 Å². The summed E-state index contributed by atoms with van der Waals surface area (Å²) >= 11 is 0. The molecule has 0 aliphatic heterocycles. The lowest BCUT2D eigenvalue weighted by Gasteiger charge is -2.25. The molecule has 3 rings (SSSR count). The molecule has 134 valence electrons. The van der Waals surface area contributed by atoms with E-state index in [0.29, 0.717) is 0 Å². The average Bonchev–Trinajstić information content (AvgIpc) is 2.72. The molecule has 3 nitrogen and oxygen atoms in total. The summed E-state index contributed by atoms with van der Waals surface area (Å²) in [6.07, 6.45) is 0. The maximum atomic E-state index is 9.51. The van der Waals surface area contributed by atoms with Crippen molar-refractivity contribution in [1.29, 1.82) is 0 Å². The maximum absolute atomic E-state index is 9.51. The van der Waals surface area contributed by atoms with Crippen LogP contribution in [0.3, 0.4) is 0 Å². The molecule has 2 N–H and O–H groups in total. The molecule has 3 aromatic carbocycles. The Morgan fingerprint density at radius 3 is 2.19 bits per heavy atom. The minimum atomic E-state index is 0.0163. The molecule has 0 bridgehead atoms. The number of rotatable bonds is 7. The fourth-order valence-corrected chi connectivity index (χ4v) is 3.14. The number of hydrogen-bond donors (Lipinski definition) is 2. The van der Waals surface area contributed by atoms with Gasteiger partial charge in [0, 0.05) is 6.04 Å². The molecular weight excluding hydrogens is 322 g/mol. The van der Waals surface area contributed by atoms with Gasteiger partial charge in [0.05, 0.1) is 19.8 Å². The zero-order valence-electron chi connectivity index (χ0n) is 15.2. The van der Waals surface area contributed by atoms with Crippen LogP contribution in [0, 0.1) is 0 Å². The second-order valence-electron chi connectivity index (χ2n) is 6.41. The quantitative estimate of drug-likeness (QED) is 0.655. The van der Waals surface area contributed by atoms with E-state index < -0.39 is 0 Å². The Balaban J connectivity index is 1.94. The normalized spacial score (nSPS) is 13.2. The third-order valence-electron chi connectivity index (χ3n) is 4.63. The van der Waals surface area contributed by atoms with E-state index in [2.05, 4.69) is 60.8 Å². The van der Waals surface area contributed by atoms with Crippen molar-refractivity contribution in [2.45, 2.75) is 25.6 Å². The van der Waals surface area contributed by atoms with Gasteiger partial charge in [0.1, 0.15) is 5.75 Å². The molecule has 3 heteroatoms. The van der Waals surface area contributed by atoms with Gasteiger partial charge in [0.25, 0.3) is 0 Å². The zero-order chi connectivity index (χ0) is 18.4. The third-order valence-corrected chi connectivity index (χ3v) is 4.63. The molecule has 0 heterocycles. The zero-order valence-corrected chi connectivity index (χ0v) is 15.2. The van der Waals surface area contributed by atoms with Crippen LogP contribution in [0.25, 0.3) is 0 Å². The molecule has 0 aliphatic carbocycles. The monoisotopic (exact) mass is 347 g/mol. The molecular formula is C23H25NO2. The van der Waals surface area contributed by atoms with Crippen LogP contribution in [0.2, 0.25) is 0 Å². The summed E-state index contributed by atoms with van der Waals surface area (Å²) in [5.41, 5.74) is 4.44. The van der Waals surface area contributed by atoms with E-state index in [1.54, 1.807) is 7.11 Å². The first-order chi connectivity index (χ1) is 12.7. The minimum Gasteiger partial charge on any atom is -0.497 e. The number of aliphatic hydroxyl groups is 1.